The third-order valence-electron chi connectivity index (χ3n) is 3.26. The van der Waals surface area contributed by atoms with Crippen molar-refractivity contribution in [3.8, 4) is 11.5 Å². The molecule has 2 heterocycles. The van der Waals surface area contributed by atoms with Gasteiger partial charge in [0.15, 0.2) is 17.3 Å². The highest BCUT2D eigenvalue weighted by atomic mass is 35.5. The van der Waals surface area contributed by atoms with Crippen molar-refractivity contribution >= 4 is 17.3 Å². The van der Waals surface area contributed by atoms with Gasteiger partial charge in [0.1, 0.15) is 13.2 Å². The molecule has 0 saturated carbocycles. The Kier molecular flexibility index (Phi) is 3.67. The van der Waals surface area contributed by atoms with Crippen LogP contribution in [0.4, 0.5) is 5.69 Å². The van der Waals surface area contributed by atoms with Crippen LogP contribution in [0.2, 0.25) is 5.02 Å². The molecule has 0 unspecified atom stereocenters. The second-order valence-corrected chi connectivity index (χ2v) is 5.75. The molecule has 0 bridgehead atoms. The van der Waals surface area contributed by atoms with Gasteiger partial charge in [0, 0.05) is 12.1 Å². The summed E-state index contributed by atoms with van der Waals surface area (Å²) in [4.78, 5) is 0. The van der Waals surface area contributed by atoms with Gasteiger partial charge >= 0.3 is 0 Å². The van der Waals surface area contributed by atoms with Crippen LogP contribution in [-0.4, -0.2) is 38.3 Å². The summed E-state index contributed by atoms with van der Waals surface area (Å²) in [6.45, 7) is 6.05. The quantitative estimate of drug-likeness (QED) is 0.910. The van der Waals surface area contributed by atoms with Gasteiger partial charge in [-0.1, -0.05) is 11.6 Å². The van der Waals surface area contributed by atoms with E-state index in [1.165, 1.54) is 0 Å². The molecule has 0 aromatic heterocycles. The molecular weight excluding hydrogens is 282 g/mol. The van der Waals surface area contributed by atoms with Crippen molar-refractivity contribution in [3.05, 3.63) is 17.2 Å². The Morgan fingerprint density at radius 1 is 1.10 bits per heavy atom. The van der Waals surface area contributed by atoms with Crippen LogP contribution in [-0.2, 0) is 9.47 Å². The zero-order valence-corrected chi connectivity index (χ0v) is 12.3. The van der Waals surface area contributed by atoms with Gasteiger partial charge in [0.05, 0.1) is 30.0 Å². The summed E-state index contributed by atoms with van der Waals surface area (Å²) in [7, 11) is 0. The molecule has 0 aliphatic carbocycles. The molecule has 1 aromatic carbocycles. The fraction of sp³-hybridized carbons (Fsp3) is 0.571. The van der Waals surface area contributed by atoms with E-state index < -0.39 is 5.79 Å². The SMILES string of the molecule is CC1(C)OCC(Nc2cc3c(cc2Cl)OCCO3)CO1. The maximum atomic E-state index is 6.26. The molecule has 0 amide bonds. The predicted molar refractivity (Wildman–Crippen MR) is 75.8 cm³/mol. The second kappa shape index (κ2) is 5.31. The molecule has 1 saturated heterocycles. The molecule has 1 N–H and O–H groups in total. The number of benzene rings is 1. The van der Waals surface area contributed by atoms with Crippen LogP contribution in [0.5, 0.6) is 11.5 Å². The first-order chi connectivity index (χ1) is 9.53. The average molecular weight is 300 g/mol. The van der Waals surface area contributed by atoms with Crippen LogP contribution in [0.1, 0.15) is 13.8 Å². The largest absolute Gasteiger partial charge is 0.486 e. The van der Waals surface area contributed by atoms with Crippen LogP contribution in [0.3, 0.4) is 0 Å². The highest BCUT2D eigenvalue weighted by Gasteiger charge is 2.28. The highest BCUT2D eigenvalue weighted by Crippen LogP contribution is 2.38. The minimum Gasteiger partial charge on any atom is -0.486 e. The number of rotatable bonds is 2. The molecule has 1 aromatic rings. The van der Waals surface area contributed by atoms with Gasteiger partial charge in [-0.3, -0.25) is 0 Å². The van der Waals surface area contributed by atoms with Gasteiger partial charge in [-0.2, -0.15) is 0 Å². The van der Waals surface area contributed by atoms with Crippen molar-refractivity contribution in [2.45, 2.75) is 25.7 Å². The number of ether oxygens (including phenoxy) is 4. The number of nitrogens with one attached hydrogen (secondary N) is 1. The Morgan fingerprint density at radius 2 is 1.70 bits per heavy atom. The maximum absolute atomic E-state index is 6.26. The third kappa shape index (κ3) is 2.95. The number of hydrogen-bond donors (Lipinski definition) is 1. The van der Waals surface area contributed by atoms with E-state index in [-0.39, 0.29) is 6.04 Å². The Morgan fingerprint density at radius 3 is 2.35 bits per heavy atom. The normalized spacial score (nSPS) is 21.6. The molecule has 110 valence electrons. The Labute approximate surface area is 123 Å². The minimum absolute atomic E-state index is 0.0584. The smallest absolute Gasteiger partial charge is 0.163 e. The zero-order chi connectivity index (χ0) is 14.2. The molecule has 3 rings (SSSR count). The molecular formula is C14H18ClNO4. The summed E-state index contributed by atoms with van der Waals surface area (Å²) in [6.07, 6.45) is 0. The predicted octanol–water partition coefficient (Wildman–Crippen LogP) is 2.67. The van der Waals surface area contributed by atoms with Crippen molar-refractivity contribution in [1.29, 1.82) is 0 Å². The summed E-state index contributed by atoms with van der Waals surface area (Å²) < 4.78 is 22.3. The third-order valence-corrected chi connectivity index (χ3v) is 3.57. The molecule has 20 heavy (non-hydrogen) atoms. The fourth-order valence-electron chi connectivity index (χ4n) is 2.17. The van der Waals surface area contributed by atoms with Crippen molar-refractivity contribution in [2.24, 2.45) is 0 Å². The van der Waals surface area contributed by atoms with Crippen molar-refractivity contribution < 1.29 is 18.9 Å². The van der Waals surface area contributed by atoms with E-state index in [0.717, 1.165) is 5.69 Å². The van der Waals surface area contributed by atoms with Gasteiger partial charge in [0.2, 0.25) is 0 Å². The number of anilines is 1. The number of fused-ring (bicyclic) bond motifs is 1. The van der Waals surface area contributed by atoms with E-state index in [4.69, 9.17) is 30.5 Å². The molecule has 2 aliphatic rings. The van der Waals surface area contributed by atoms with Crippen LogP contribution < -0.4 is 14.8 Å². The Bertz CT molecular complexity index is 496. The standard InChI is InChI=1S/C14H18ClNO4/c1-14(2)19-7-9(8-20-14)16-11-6-13-12(5-10(11)15)17-3-4-18-13/h5-6,9,16H,3-4,7-8H2,1-2H3. The van der Waals surface area contributed by atoms with Crippen molar-refractivity contribution in [3.63, 3.8) is 0 Å². The van der Waals surface area contributed by atoms with E-state index in [9.17, 15) is 0 Å². The highest BCUT2D eigenvalue weighted by molar-refractivity contribution is 6.33. The fourth-order valence-corrected chi connectivity index (χ4v) is 2.38. The second-order valence-electron chi connectivity index (χ2n) is 5.34. The molecule has 0 radical (unpaired) electrons. The summed E-state index contributed by atoms with van der Waals surface area (Å²) >= 11 is 6.26. The Hall–Kier alpha value is -1.17. The van der Waals surface area contributed by atoms with Gasteiger partial charge < -0.3 is 24.3 Å². The maximum Gasteiger partial charge on any atom is 0.163 e. The average Bonchev–Trinajstić information content (AvgIpc) is 2.42. The first kappa shape index (κ1) is 13.8. The topological polar surface area (TPSA) is 49.0 Å². The van der Waals surface area contributed by atoms with Crippen LogP contribution in [0.15, 0.2) is 12.1 Å². The lowest BCUT2D eigenvalue weighted by Gasteiger charge is -2.35. The summed E-state index contributed by atoms with van der Waals surface area (Å²) in [5.41, 5.74) is 0.799. The molecule has 1 fully saturated rings. The van der Waals surface area contributed by atoms with Crippen molar-refractivity contribution in [2.75, 3.05) is 31.7 Å². The molecule has 0 spiro atoms. The molecule has 6 heteroatoms. The molecule has 5 nitrogen and oxygen atoms in total. The number of halogens is 1. The lowest BCUT2D eigenvalue weighted by Crippen LogP contribution is -2.45. The van der Waals surface area contributed by atoms with Crippen LogP contribution >= 0.6 is 11.6 Å². The van der Waals surface area contributed by atoms with Crippen molar-refractivity contribution in [1.82, 2.24) is 0 Å². The lowest BCUT2D eigenvalue weighted by molar-refractivity contribution is -0.247. The Balaban J connectivity index is 1.71. The summed E-state index contributed by atoms with van der Waals surface area (Å²) in [5, 5.41) is 3.92. The van der Waals surface area contributed by atoms with E-state index in [2.05, 4.69) is 5.32 Å². The van der Waals surface area contributed by atoms with Gasteiger partial charge in [-0.15, -0.1) is 0 Å². The van der Waals surface area contributed by atoms with E-state index >= 15 is 0 Å². The summed E-state index contributed by atoms with van der Waals surface area (Å²) in [5.74, 6) is 0.875. The molecule has 0 atom stereocenters. The van der Waals surface area contributed by atoms with E-state index in [0.29, 0.717) is 42.9 Å². The van der Waals surface area contributed by atoms with Crippen LogP contribution in [0.25, 0.3) is 0 Å². The monoisotopic (exact) mass is 299 g/mol. The van der Waals surface area contributed by atoms with Gasteiger partial charge in [-0.25, -0.2) is 0 Å². The lowest BCUT2D eigenvalue weighted by atomic mass is 10.2. The van der Waals surface area contributed by atoms with Crippen LogP contribution in [0, 0.1) is 0 Å². The van der Waals surface area contributed by atoms with E-state index in [1.54, 1.807) is 6.07 Å². The zero-order valence-electron chi connectivity index (χ0n) is 11.6. The van der Waals surface area contributed by atoms with Gasteiger partial charge in [0.25, 0.3) is 0 Å². The van der Waals surface area contributed by atoms with E-state index in [1.807, 2.05) is 19.9 Å². The first-order valence-corrected chi connectivity index (χ1v) is 7.05. The summed E-state index contributed by atoms with van der Waals surface area (Å²) in [6, 6.07) is 3.69. The van der Waals surface area contributed by atoms with Gasteiger partial charge in [-0.05, 0) is 13.8 Å². The first-order valence-electron chi connectivity index (χ1n) is 6.67. The minimum atomic E-state index is -0.519. The molecule has 2 aliphatic heterocycles. The number of hydrogen-bond acceptors (Lipinski definition) is 5.